The second-order valence-electron chi connectivity index (χ2n) is 6.20. The molecule has 1 aliphatic rings. The van der Waals surface area contributed by atoms with Crippen LogP contribution in [0, 0.1) is 0 Å². The largest absolute Gasteiger partial charge is 0.508 e. The summed E-state index contributed by atoms with van der Waals surface area (Å²) in [5.41, 5.74) is 3.01. The molecule has 0 saturated heterocycles. The highest BCUT2D eigenvalue weighted by atomic mass is 35.5. The van der Waals surface area contributed by atoms with E-state index >= 15 is 0 Å². The zero-order valence-corrected chi connectivity index (χ0v) is 15.2. The molecule has 0 fully saturated rings. The van der Waals surface area contributed by atoms with Gasteiger partial charge in [-0.2, -0.15) is 0 Å². The van der Waals surface area contributed by atoms with Gasteiger partial charge in [0.2, 0.25) is 0 Å². The molecule has 0 bridgehead atoms. The van der Waals surface area contributed by atoms with Gasteiger partial charge in [-0.05, 0) is 47.5 Å². The fourth-order valence-electron chi connectivity index (χ4n) is 3.15. The lowest BCUT2D eigenvalue weighted by atomic mass is 9.95. The van der Waals surface area contributed by atoms with Gasteiger partial charge in [-0.15, -0.1) is 0 Å². The first-order valence-electron chi connectivity index (χ1n) is 8.25. The Morgan fingerprint density at radius 3 is 2.04 bits per heavy atom. The number of amidine groups is 1. The summed E-state index contributed by atoms with van der Waals surface area (Å²) in [5, 5.41) is 14.7. The van der Waals surface area contributed by atoms with Crippen LogP contribution in [0.15, 0.2) is 77.8 Å². The van der Waals surface area contributed by atoms with E-state index in [9.17, 15) is 5.11 Å². The van der Waals surface area contributed by atoms with Crippen LogP contribution >= 0.6 is 23.2 Å². The van der Waals surface area contributed by atoms with Crippen molar-refractivity contribution in [3.63, 3.8) is 0 Å². The molecule has 0 aliphatic carbocycles. The van der Waals surface area contributed by atoms with Crippen LogP contribution < -0.4 is 5.32 Å². The first kappa shape index (κ1) is 17.0. The smallest absolute Gasteiger partial charge is 0.129 e. The van der Waals surface area contributed by atoms with E-state index in [4.69, 9.17) is 28.2 Å². The molecule has 1 aliphatic heterocycles. The number of phenolic OH excluding ortho intramolecular Hbond substituents is 1. The number of hydrogen-bond acceptors (Lipinski definition) is 3. The molecule has 3 nitrogen and oxygen atoms in total. The third-order valence-electron chi connectivity index (χ3n) is 4.44. The van der Waals surface area contributed by atoms with Gasteiger partial charge in [0, 0.05) is 15.6 Å². The van der Waals surface area contributed by atoms with Gasteiger partial charge < -0.3 is 10.4 Å². The third-order valence-corrected chi connectivity index (χ3v) is 4.94. The van der Waals surface area contributed by atoms with E-state index in [1.54, 1.807) is 12.1 Å². The Morgan fingerprint density at radius 1 is 0.808 bits per heavy atom. The fourth-order valence-corrected chi connectivity index (χ4v) is 3.40. The summed E-state index contributed by atoms with van der Waals surface area (Å²) in [7, 11) is 0. The minimum absolute atomic E-state index is 0.0363. The van der Waals surface area contributed by atoms with Crippen molar-refractivity contribution in [2.75, 3.05) is 0 Å². The molecule has 0 spiro atoms. The van der Waals surface area contributed by atoms with Crippen LogP contribution in [0.2, 0.25) is 10.0 Å². The number of halogens is 2. The van der Waals surface area contributed by atoms with Crippen LogP contribution in [0.5, 0.6) is 5.75 Å². The third kappa shape index (κ3) is 3.41. The van der Waals surface area contributed by atoms with Gasteiger partial charge >= 0.3 is 0 Å². The highest BCUT2D eigenvalue weighted by Gasteiger charge is 2.31. The molecule has 0 saturated carbocycles. The molecule has 0 aromatic heterocycles. The summed E-state index contributed by atoms with van der Waals surface area (Å²) in [6, 6.07) is 22.4. The molecule has 0 amide bonds. The zero-order chi connectivity index (χ0) is 18.1. The van der Waals surface area contributed by atoms with Crippen molar-refractivity contribution < 1.29 is 5.11 Å². The van der Waals surface area contributed by atoms with Crippen molar-refractivity contribution in [3.8, 4) is 5.75 Å². The van der Waals surface area contributed by atoms with Gasteiger partial charge in [-0.1, -0.05) is 59.6 Å². The van der Waals surface area contributed by atoms with Crippen molar-refractivity contribution in [2.45, 2.75) is 12.1 Å². The van der Waals surface area contributed by atoms with Crippen LogP contribution in [0.1, 0.15) is 28.8 Å². The minimum Gasteiger partial charge on any atom is -0.508 e. The summed E-state index contributed by atoms with van der Waals surface area (Å²) in [5.74, 6) is 0.964. The maximum atomic E-state index is 9.79. The van der Waals surface area contributed by atoms with E-state index in [1.165, 1.54) is 0 Å². The topological polar surface area (TPSA) is 44.6 Å². The van der Waals surface area contributed by atoms with Crippen molar-refractivity contribution in [1.29, 1.82) is 0 Å². The monoisotopic (exact) mass is 382 g/mol. The minimum atomic E-state index is -0.106. The number of hydrogen-bond donors (Lipinski definition) is 2. The number of nitrogens with one attached hydrogen (secondary N) is 1. The molecule has 2 atom stereocenters. The molecule has 3 aromatic carbocycles. The Hall–Kier alpha value is -2.49. The molecular weight excluding hydrogens is 367 g/mol. The molecular formula is C21H16Cl2N2O. The fraction of sp³-hybridized carbons (Fsp3) is 0.0952. The zero-order valence-electron chi connectivity index (χ0n) is 13.7. The Morgan fingerprint density at radius 2 is 1.42 bits per heavy atom. The Kier molecular flexibility index (Phi) is 4.58. The maximum absolute atomic E-state index is 9.79. The Bertz CT molecular complexity index is 953. The molecule has 4 rings (SSSR count). The summed E-state index contributed by atoms with van der Waals surface area (Å²) in [4.78, 5) is 4.90. The van der Waals surface area contributed by atoms with Gasteiger partial charge in [-0.3, -0.25) is 4.99 Å². The van der Waals surface area contributed by atoms with E-state index in [0.29, 0.717) is 10.0 Å². The van der Waals surface area contributed by atoms with Crippen molar-refractivity contribution >= 4 is 29.0 Å². The van der Waals surface area contributed by atoms with E-state index in [1.807, 2.05) is 60.7 Å². The summed E-state index contributed by atoms with van der Waals surface area (Å²) >= 11 is 12.1. The molecule has 130 valence electrons. The van der Waals surface area contributed by atoms with E-state index in [0.717, 1.165) is 22.5 Å². The summed E-state index contributed by atoms with van der Waals surface area (Å²) in [6.07, 6.45) is 0. The quantitative estimate of drug-likeness (QED) is 0.625. The Labute approximate surface area is 161 Å². The molecule has 2 unspecified atom stereocenters. The lowest BCUT2D eigenvalue weighted by Crippen LogP contribution is -2.25. The average Bonchev–Trinajstić information content (AvgIpc) is 3.08. The standard InChI is InChI=1S/C21H16Cl2N2O/c22-16-8-4-13(5-9-16)19-20(14-6-10-17(23)11-7-14)25-21(24-19)15-2-1-3-18(26)12-15/h1-12,19-20,26H,(H,24,25). The van der Waals surface area contributed by atoms with E-state index in [-0.39, 0.29) is 17.8 Å². The van der Waals surface area contributed by atoms with Crippen molar-refractivity contribution in [2.24, 2.45) is 4.99 Å². The second kappa shape index (κ2) is 7.02. The molecule has 26 heavy (non-hydrogen) atoms. The first-order chi connectivity index (χ1) is 12.6. The molecule has 0 radical (unpaired) electrons. The molecule has 5 heteroatoms. The predicted molar refractivity (Wildman–Crippen MR) is 106 cm³/mol. The second-order valence-corrected chi connectivity index (χ2v) is 7.07. The molecule has 2 N–H and O–H groups in total. The van der Waals surface area contributed by atoms with E-state index < -0.39 is 0 Å². The predicted octanol–water partition coefficient (Wildman–Crippen LogP) is 5.53. The lowest BCUT2D eigenvalue weighted by molar-refractivity contribution is 0.475. The highest BCUT2D eigenvalue weighted by molar-refractivity contribution is 6.30. The first-order valence-corrected chi connectivity index (χ1v) is 9.00. The molecule has 1 heterocycles. The van der Waals surface area contributed by atoms with Gasteiger partial charge in [0.25, 0.3) is 0 Å². The van der Waals surface area contributed by atoms with Crippen molar-refractivity contribution in [1.82, 2.24) is 5.32 Å². The summed E-state index contributed by atoms with van der Waals surface area (Å²) in [6.45, 7) is 0. The van der Waals surface area contributed by atoms with Crippen LogP contribution in [-0.4, -0.2) is 10.9 Å². The van der Waals surface area contributed by atoms with Crippen LogP contribution in [-0.2, 0) is 0 Å². The maximum Gasteiger partial charge on any atom is 0.129 e. The highest BCUT2D eigenvalue weighted by Crippen LogP contribution is 2.38. The summed E-state index contributed by atoms with van der Waals surface area (Å²) < 4.78 is 0. The van der Waals surface area contributed by atoms with Crippen LogP contribution in [0.4, 0.5) is 0 Å². The normalized spacial score (nSPS) is 19.1. The van der Waals surface area contributed by atoms with Crippen molar-refractivity contribution in [3.05, 3.63) is 99.5 Å². The van der Waals surface area contributed by atoms with Gasteiger partial charge in [0.15, 0.2) is 0 Å². The van der Waals surface area contributed by atoms with Gasteiger partial charge in [0.05, 0.1) is 6.04 Å². The van der Waals surface area contributed by atoms with E-state index in [2.05, 4.69) is 5.32 Å². The number of nitrogens with zero attached hydrogens (tertiary/aromatic N) is 1. The number of aromatic hydroxyl groups is 1. The number of aliphatic imine (C=N–C) groups is 1. The van der Waals surface area contributed by atoms with Gasteiger partial charge in [-0.25, -0.2) is 0 Å². The number of phenols is 1. The van der Waals surface area contributed by atoms with Crippen LogP contribution in [0.3, 0.4) is 0 Å². The van der Waals surface area contributed by atoms with Gasteiger partial charge in [0.1, 0.15) is 17.6 Å². The lowest BCUT2D eigenvalue weighted by Gasteiger charge is -2.20. The Balaban J connectivity index is 1.75. The van der Waals surface area contributed by atoms with Crippen LogP contribution in [0.25, 0.3) is 0 Å². The SMILES string of the molecule is Oc1cccc(C2=NC(c3ccc(Cl)cc3)C(c3ccc(Cl)cc3)N2)c1. The number of benzene rings is 3. The average molecular weight is 383 g/mol. The molecule has 3 aromatic rings. The number of rotatable bonds is 3.